The van der Waals surface area contributed by atoms with Crippen molar-refractivity contribution in [2.75, 3.05) is 0 Å². The Morgan fingerprint density at radius 3 is 2.52 bits per heavy atom. The molecule has 0 aliphatic heterocycles. The first-order chi connectivity index (χ1) is 12.1. The molecule has 0 saturated carbocycles. The van der Waals surface area contributed by atoms with Gasteiger partial charge in [-0.2, -0.15) is 0 Å². The Kier molecular flexibility index (Phi) is 3.90. The minimum Gasteiger partial charge on any atom is -0.290 e. The molecule has 4 rings (SSSR count). The summed E-state index contributed by atoms with van der Waals surface area (Å²) < 4.78 is 1.54. The number of fused-ring (bicyclic) bond motifs is 1. The zero-order valence-corrected chi connectivity index (χ0v) is 14.4. The number of aryl methyl sites for hydroxylation is 1. The second kappa shape index (κ2) is 6.22. The second-order valence-corrected chi connectivity index (χ2v) is 6.44. The monoisotopic (exact) mass is 349 g/mol. The molecule has 5 heteroatoms. The Labute approximate surface area is 149 Å². The van der Waals surface area contributed by atoms with Gasteiger partial charge in [-0.05, 0) is 36.8 Å². The number of benzene rings is 2. The van der Waals surface area contributed by atoms with Gasteiger partial charge in [0.1, 0.15) is 0 Å². The fourth-order valence-corrected chi connectivity index (χ4v) is 3.13. The minimum atomic E-state index is -0.112. The largest absolute Gasteiger partial charge is 0.290 e. The predicted octanol–water partition coefficient (Wildman–Crippen LogP) is 4.27. The van der Waals surface area contributed by atoms with E-state index in [0.29, 0.717) is 10.4 Å². The molecular weight excluding hydrogens is 334 g/mol. The predicted molar refractivity (Wildman–Crippen MR) is 101 cm³/mol. The van der Waals surface area contributed by atoms with Crippen LogP contribution in [0.2, 0.25) is 5.02 Å². The summed E-state index contributed by atoms with van der Waals surface area (Å²) in [6.07, 6.45) is 2.36. The van der Waals surface area contributed by atoms with Gasteiger partial charge >= 0.3 is 0 Å². The molecule has 0 atom stereocenters. The Morgan fingerprint density at radius 1 is 1.08 bits per heavy atom. The molecule has 2 aromatic carbocycles. The highest BCUT2D eigenvalue weighted by molar-refractivity contribution is 6.30. The van der Waals surface area contributed by atoms with Crippen LogP contribution in [0.1, 0.15) is 16.8 Å². The van der Waals surface area contributed by atoms with Gasteiger partial charge in [0.05, 0.1) is 16.6 Å². The number of aromatic nitrogens is 3. The summed E-state index contributed by atoms with van der Waals surface area (Å²) in [5.41, 5.74) is 4.60. The van der Waals surface area contributed by atoms with Gasteiger partial charge in [-0.15, -0.1) is 0 Å². The summed E-state index contributed by atoms with van der Waals surface area (Å²) >= 11 is 5.95. The molecule has 1 N–H and O–H groups in total. The number of hydrogen-bond acceptors (Lipinski definition) is 2. The van der Waals surface area contributed by atoms with E-state index in [9.17, 15) is 4.79 Å². The highest BCUT2D eigenvalue weighted by atomic mass is 35.5. The molecule has 0 bridgehead atoms. The number of aromatic amines is 1. The van der Waals surface area contributed by atoms with Gasteiger partial charge in [-0.25, -0.2) is 4.68 Å². The number of H-pyrrole nitrogens is 1. The van der Waals surface area contributed by atoms with Crippen molar-refractivity contribution in [2.45, 2.75) is 13.3 Å². The molecule has 0 unspecified atom stereocenters. The number of halogens is 1. The summed E-state index contributed by atoms with van der Waals surface area (Å²) in [6.45, 7) is 1.97. The molecule has 25 heavy (non-hydrogen) atoms. The normalized spacial score (nSPS) is 11.1. The lowest BCUT2D eigenvalue weighted by atomic mass is 10.0. The standard InChI is InChI=1S/C20H16ClN3O/c1-13-17(11-14-5-3-2-4-6-14)19-18(12-22-13)20(25)24(23-19)16-9-7-15(21)8-10-16/h2-10,12,23H,11H2,1H3. The lowest BCUT2D eigenvalue weighted by molar-refractivity contribution is 0.861. The quantitative estimate of drug-likeness (QED) is 0.600. The van der Waals surface area contributed by atoms with Gasteiger partial charge < -0.3 is 0 Å². The summed E-state index contributed by atoms with van der Waals surface area (Å²) in [4.78, 5) is 17.2. The highest BCUT2D eigenvalue weighted by Crippen LogP contribution is 2.21. The van der Waals surface area contributed by atoms with Crippen LogP contribution in [0.25, 0.3) is 16.6 Å². The third-order valence-corrected chi connectivity index (χ3v) is 4.61. The summed E-state index contributed by atoms with van der Waals surface area (Å²) in [7, 11) is 0. The van der Waals surface area contributed by atoms with Crippen LogP contribution in [0.5, 0.6) is 0 Å². The Balaban J connectivity index is 1.89. The molecule has 0 amide bonds. The maximum atomic E-state index is 12.8. The lowest BCUT2D eigenvalue weighted by Gasteiger charge is -2.06. The van der Waals surface area contributed by atoms with Crippen LogP contribution in [0.4, 0.5) is 0 Å². The van der Waals surface area contributed by atoms with Crippen LogP contribution in [-0.4, -0.2) is 14.8 Å². The van der Waals surface area contributed by atoms with Crippen molar-refractivity contribution in [1.82, 2.24) is 14.8 Å². The number of nitrogens with zero attached hydrogens (tertiary/aromatic N) is 2. The van der Waals surface area contributed by atoms with Crippen LogP contribution in [0.15, 0.2) is 65.6 Å². The minimum absolute atomic E-state index is 0.112. The van der Waals surface area contributed by atoms with Gasteiger partial charge in [0.15, 0.2) is 0 Å². The molecule has 0 aliphatic rings. The molecule has 4 nitrogen and oxygen atoms in total. The zero-order chi connectivity index (χ0) is 17.4. The molecule has 4 aromatic rings. The number of rotatable bonds is 3. The number of hydrogen-bond donors (Lipinski definition) is 1. The van der Waals surface area contributed by atoms with E-state index in [1.165, 1.54) is 10.2 Å². The first-order valence-electron chi connectivity index (χ1n) is 8.02. The van der Waals surface area contributed by atoms with Gasteiger partial charge in [0, 0.05) is 28.9 Å². The molecule has 0 spiro atoms. The van der Waals surface area contributed by atoms with Crippen molar-refractivity contribution in [2.24, 2.45) is 0 Å². The van der Waals surface area contributed by atoms with Crippen molar-refractivity contribution >= 4 is 22.5 Å². The molecule has 0 saturated heterocycles. The van der Waals surface area contributed by atoms with Gasteiger partial charge in [0.2, 0.25) is 0 Å². The number of nitrogens with one attached hydrogen (secondary N) is 1. The van der Waals surface area contributed by atoms with E-state index in [2.05, 4.69) is 22.2 Å². The van der Waals surface area contributed by atoms with Gasteiger partial charge in [0.25, 0.3) is 5.56 Å². The molecule has 124 valence electrons. The molecule has 2 aromatic heterocycles. The van der Waals surface area contributed by atoms with E-state index in [0.717, 1.165) is 28.9 Å². The van der Waals surface area contributed by atoms with E-state index in [1.807, 2.05) is 37.3 Å². The Bertz CT molecular complexity index is 1100. The van der Waals surface area contributed by atoms with Crippen LogP contribution >= 0.6 is 11.6 Å². The maximum absolute atomic E-state index is 12.8. The van der Waals surface area contributed by atoms with Crippen molar-refractivity contribution in [3.63, 3.8) is 0 Å². The third-order valence-electron chi connectivity index (χ3n) is 4.36. The van der Waals surface area contributed by atoms with Crippen LogP contribution in [0.3, 0.4) is 0 Å². The van der Waals surface area contributed by atoms with Crippen molar-refractivity contribution in [3.8, 4) is 5.69 Å². The smallest absolute Gasteiger partial charge is 0.280 e. The SMILES string of the molecule is Cc1ncc2c(=O)n(-c3ccc(Cl)cc3)[nH]c2c1Cc1ccccc1. The number of pyridine rings is 1. The first-order valence-corrected chi connectivity index (χ1v) is 8.40. The molecule has 0 fully saturated rings. The third kappa shape index (κ3) is 2.85. The van der Waals surface area contributed by atoms with E-state index in [-0.39, 0.29) is 5.56 Å². The van der Waals surface area contributed by atoms with Crippen LogP contribution in [0, 0.1) is 6.92 Å². The van der Waals surface area contributed by atoms with Gasteiger partial charge in [-0.3, -0.25) is 14.9 Å². The van der Waals surface area contributed by atoms with Crippen molar-refractivity contribution in [3.05, 3.63) is 93.0 Å². The molecular formula is C20H16ClN3O. The Hall–Kier alpha value is -2.85. The first kappa shape index (κ1) is 15.7. The zero-order valence-electron chi connectivity index (χ0n) is 13.7. The van der Waals surface area contributed by atoms with E-state index < -0.39 is 0 Å². The average molecular weight is 350 g/mol. The maximum Gasteiger partial charge on any atom is 0.280 e. The summed E-state index contributed by atoms with van der Waals surface area (Å²) in [5, 5.41) is 4.47. The summed E-state index contributed by atoms with van der Waals surface area (Å²) in [6, 6.07) is 17.3. The molecule has 2 heterocycles. The van der Waals surface area contributed by atoms with Crippen LogP contribution < -0.4 is 5.56 Å². The van der Waals surface area contributed by atoms with Crippen molar-refractivity contribution in [1.29, 1.82) is 0 Å². The van der Waals surface area contributed by atoms with Crippen LogP contribution in [-0.2, 0) is 6.42 Å². The fraction of sp³-hybridized carbons (Fsp3) is 0.100. The van der Waals surface area contributed by atoms with E-state index in [4.69, 9.17) is 11.6 Å². The lowest BCUT2D eigenvalue weighted by Crippen LogP contribution is -2.14. The highest BCUT2D eigenvalue weighted by Gasteiger charge is 2.14. The Morgan fingerprint density at radius 2 is 1.80 bits per heavy atom. The fourth-order valence-electron chi connectivity index (χ4n) is 3.01. The average Bonchev–Trinajstić information content (AvgIpc) is 2.96. The topological polar surface area (TPSA) is 50.7 Å². The van der Waals surface area contributed by atoms with E-state index in [1.54, 1.807) is 18.3 Å². The molecule has 0 radical (unpaired) electrons. The molecule has 0 aliphatic carbocycles. The van der Waals surface area contributed by atoms with E-state index >= 15 is 0 Å². The van der Waals surface area contributed by atoms with Gasteiger partial charge in [-0.1, -0.05) is 41.9 Å². The summed E-state index contributed by atoms with van der Waals surface area (Å²) in [5.74, 6) is 0. The second-order valence-electron chi connectivity index (χ2n) is 6.00. The van der Waals surface area contributed by atoms with Crippen molar-refractivity contribution < 1.29 is 0 Å².